The van der Waals surface area contributed by atoms with E-state index in [9.17, 15) is 13.2 Å². The number of alkyl halides is 3. The number of benzene rings is 1. The first kappa shape index (κ1) is 11.9. The second-order valence-corrected chi connectivity index (χ2v) is 4.10. The maximum atomic E-state index is 12.7. The molecule has 0 fully saturated rings. The third kappa shape index (κ3) is 2.97. The van der Waals surface area contributed by atoms with E-state index in [1.54, 1.807) is 17.0 Å². The van der Waals surface area contributed by atoms with E-state index in [1.807, 2.05) is 0 Å². The Hall–Kier alpha value is -1.56. The highest BCUT2D eigenvalue weighted by Crippen LogP contribution is 2.34. The maximum Gasteiger partial charge on any atom is 0.418 e. The SMILES string of the molecule is FC(F)(F)c1ccccc1NCc1cscn1. The first-order valence-electron chi connectivity index (χ1n) is 4.84. The van der Waals surface area contributed by atoms with Gasteiger partial charge in [0.25, 0.3) is 0 Å². The van der Waals surface area contributed by atoms with Gasteiger partial charge < -0.3 is 5.32 Å². The number of hydrogen-bond acceptors (Lipinski definition) is 3. The molecule has 0 amide bonds. The van der Waals surface area contributed by atoms with Gasteiger partial charge in [0.2, 0.25) is 0 Å². The molecule has 2 rings (SSSR count). The number of hydrogen-bond donors (Lipinski definition) is 1. The second kappa shape index (κ2) is 4.75. The molecule has 0 unspecified atom stereocenters. The summed E-state index contributed by atoms with van der Waals surface area (Å²) in [6.07, 6.45) is -4.34. The predicted molar refractivity (Wildman–Crippen MR) is 60.9 cm³/mol. The minimum absolute atomic E-state index is 0.0769. The maximum absolute atomic E-state index is 12.7. The topological polar surface area (TPSA) is 24.9 Å². The minimum atomic E-state index is -4.34. The Morgan fingerprint density at radius 2 is 2.00 bits per heavy atom. The van der Waals surface area contributed by atoms with E-state index in [0.29, 0.717) is 0 Å². The van der Waals surface area contributed by atoms with Gasteiger partial charge in [-0.3, -0.25) is 0 Å². The zero-order chi connectivity index (χ0) is 12.3. The Morgan fingerprint density at radius 1 is 1.24 bits per heavy atom. The number of para-hydroxylation sites is 1. The zero-order valence-electron chi connectivity index (χ0n) is 8.66. The highest BCUT2D eigenvalue weighted by Gasteiger charge is 2.32. The third-order valence-corrected chi connectivity index (χ3v) is 2.81. The van der Waals surface area contributed by atoms with Crippen molar-refractivity contribution in [2.75, 3.05) is 5.32 Å². The van der Waals surface area contributed by atoms with Crippen molar-refractivity contribution in [3.63, 3.8) is 0 Å². The summed E-state index contributed by atoms with van der Waals surface area (Å²) in [6, 6.07) is 5.41. The van der Waals surface area contributed by atoms with Crippen molar-refractivity contribution in [3.05, 3.63) is 46.4 Å². The van der Waals surface area contributed by atoms with Crippen LogP contribution in [0.5, 0.6) is 0 Å². The first-order valence-corrected chi connectivity index (χ1v) is 5.79. The molecule has 17 heavy (non-hydrogen) atoms. The van der Waals surface area contributed by atoms with Gasteiger partial charge in [0, 0.05) is 11.1 Å². The lowest BCUT2D eigenvalue weighted by molar-refractivity contribution is -0.136. The van der Waals surface area contributed by atoms with Crippen molar-refractivity contribution in [1.29, 1.82) is 0 Å². The van der Waals surface area contributed by atoms with Crippen molar-refractivity contribution in [1.82, 2.24) is 4.98 Å². The Balaban J connectivity index is 2.16. The number of aromatic nitrogens is 1. The monoisotopic (exact) mass is 258 g/mol. The molecule has 1 N–H and O–H groups in total. The standard InChI is InChI=1S/C11H9F3N2S/c12-11(13,14)9-3-1-2-4-10(9)15-5-8-6-17-7-16-8/h1-4,6-7,15H,5H2. The number of thiazole rings is 1. The van der Waals surface area contributed by atoms with Crippen LogP contribution in [0.2, 0.25) is 0 Å². The van der Waals surface area contributed by atoms with Gasteiger partial charge in [-0.05, 0) is 12.1 Å². The summed E-state index contributed by atoms with van der Waals surface area (Å²) in [7, 11) is 0. The van der Waals surface area contributed by atoms with E-state index in [-0.39, 0.29) is 12.2 Å². The normalized spacial score (nSPS) is 11.5. The summed E-state index contributed by atoms with van der Waals surface area (Å²) >= 11 is 1.41. The van der Waals surface area contributed by atoms with Crippen LogP contribution in [0.3, 0.4) is 0 Å². The molecule has 0 spiro atoms. The van der Waals surface area contributed by atoms with Crippen LogP contribution in [-0.2, 0) is 12.7 Å². The molecule has 2 nitrogen and oxygen atoms in total. The molecule has 1 aromatic heterocycles. The average Bonchev–Trinajstić information content (AvgIpc) is 2.78. The van der Waals surface area contributed by atoms with Gasteiger partial charge in [0.1, 0.15) is 0 Å². The van der Waals surface area contributed by atoms with Gasteiger partial charge in [0.15, 0.2) is 0 Å². The summed E-state index contributed by atoms with van der Waals surface area (Å²) in [5, 5.41) is 4.54. The third-order valence-electron chi connectivity index (χ3n) is 2.18. The number of rotatable bonds is 3. The van der Waals surface area contributed by atoms with Crippen LogP contribution in [0, 0.1) is 0 Å². The molecule has 1 heterocycles. The molecule has 0 saturated carbocycles. The largest absolute Gasteiger partial charge is 0.418 e. The highest BCUT2D eigenvalue weighted by molar-refractivity contribution is 7.07. The van der Waals surface area contributed by atoms with Crippen LogP contribution in [0.4, 0.5) is 18.9 Å². The fraction of sp³-hybridized carbons (Fsp3) is 0.182. The number of nitrogens with zero attached hydrogens (tertiary/aromatic N) is 1. The lowest BCUT2D eigenvalue weighted by Gasteiger charge is -2.13. The van der Waals surface area contributed by atoms with Crippen LogP contribution in [0.25, 0.3) is 0 Å². The molecule has 0 aliphatic rings. The van der Waals surface area contributed by atoms with Gasteiger partial charge in [-0.2, -0.15) is 13.2 Å². The van der Waals surface area contributed by atoms with E-state index >= 15 is 0 Å². The molecular weight excluding hydrogens is 249 g/mol. The Morgan fingerprint density at radius 3 is 2.65 bits per heavy atom. The van der Waals surface area contributed by atoms with Crippen molar-refractivity contribution >= 4 is 17.0 Å². The summed E-state index contributed by atoms with van der Waals surface area (Å²) in [6.45, 7) is 0.288. The number of anilines is 1. The fourth-order valence-corrected chi connectivity index (χ4v) is 1.95. The molecule has 0 saturated heterocycles. The van der Waals surface area contributed by atoms with Crippen LogP contribution in [0.15, 0.2) is 35.2 Å². The molecule has 0 bridgehead atoms. The predicted octanol–water partition coefficient (Wildman–Crippen LogP) is 3.77. The van der Waals surface area contributed by atoms with Crippen LogP contribution < -0.4 is 5.32 Å². The van der Waals surface area contributed by atoms with Gasteiger partial charge in [0.05, 0.1) is 23.3 Å². The first-order chi connectivity index (χ1) is 8.07. The lowest BCUT2D eigenvalue weighted by atomic mass is 10.1. The van der Waals surface area contributed by atoms with Crippen molar-refractivity contribution in [2.45, 2.75) is 12.7 Å². The molecule has 2 aromatic rings. The second-order valence-electron chi connectivity index (χ2n) is 3.38. The summed E-state index contributed by atoms with van der Waals surface area (Å²) in [5.41, 5.74) is 1.79. The summed E-state index contributed by atoms with van der Waals surface area (Å²) in [4.78, 5) is 4.00. The molecule has 6 heteroatoms. The van der Waals surface area contributed by atoms with E-state index in [1.165, 1.54) is 23.5 Å². The Bertz CT molecular complexity index is 480. The molecular formula is C11H9F3N2S. The quantitative estimate of drug-likeness (QED) is 0.906. The van der Waals surface area contributed by atoms with Gasteiger partial charge in [-0.1, -0.05) is 12.1 Å². The molecule has 90 valence electrons. The molecule has 1 aromatic carbocycles. The average molecular weight is 258 g/mol. The fourth-order valence-electron chi connectivity index (χ4n) is 1.40. The van der Waals surface area contributed by atoms with Crippen LogP contribution >= 0.6 is 11.3 Å². The molecule has 0 aliphatic heterocycles. The lowest BCUT2D eigenvalue weighted by Crippen LogP contribution is -2.10. The van der Waals surface area contributed by atoms with Crippen molar-refractivity contribution in [2.24, 2.45) is 0 Å². The van der Waals surface area contributed by atoms with E-state index in [2.05, 4.69) is 10.3 Å². The minimum Gasteiger partial charge on any atom is -0.379 e. The van der Waals surface area contributed by atoms with Gasteiger partial charge in [-0.25, -0.2) is 4.98 Å². The van der Waals surface area contributed by atoms with Gasteiger partial charge >= 0.3 is 6.18 Å². The molecule has 0 radical (unpaired) electrons. The van der Waals surface area contributed by atoms with E-state index in [4.69, 9.17) is 0 Å². The smallest absolute Gasteiger partial charge is 0.379 e. The zero-order valence-corrected chi connectivity index (χ0v) is 9.48. The Labute approximate surface area is 100 Å². The highest BCUT2D eigenvalue weighted by atomic mass is 32.1. The van der Waals surface area contributed by atoms with Crippen molar-refractivity contribution < 1.29 is 13.2 Å². The molecule has 0 aliphatic carbocycles. The van der Waals surface area contributed by atoms with Gasteiger partial charge in [-0.15, -0.1) is 11.3 Å². The van der Waals surface area contributed by atoms with Crippen LogP contribution in [0.1, 0.15) is 11.3 Å². The number of nitrogens with one attached hydrogen (secondary N) is 1. The van der Waals surface area contributed by atoms with Crippen LogP contribution in [-0.4, -0.2) is 4.98 Å². The van der Waals surface area contributed by atoms with Crippen molar-refractivity contribution in [3.8, 4) is 0 Å². The van der Waals surface area contributed by atoms with E-state index < -0.39 is 11.7 Å². The summed E-state index contributed by atoms with van der Waals surface area (Å²) < 4.78 is 38.0. The Kier molecular flexibility index (Phi) is 3.33. The van der Waals surface area contributed by atoms with E-state index in [0.717, 1.165) is 11.8 Å². The molecule has 0 atom stereocenters. The number of halogens is 3. The summed E-state index contributed by atoms with van der Waals surface area (Å²) in [5.74, 6) is 0.